The minimum absolute atomic E-state index is 0.0131. The van der Waals surface area contributed by atoms with E-state index in [0.717, 1.165) is 34.9 Å². The zero-order valence-corrected chi connectivity index (χ0v) is 9.87. The standard InChI is InChI=1S/C11H8FNO4S/c12-8-2-1-6(10(15)16)3-7(8)4-13-9(14)5-18-11(13)17/h1-3H,4-5H2,(H,15,16). The van der Waals surface area contributed by atoms with E-state index in [4.69, 9.17) is 5.11 Å². The first-order chi connectivity index (χ1) is 8.49. The van der Waals surface area contributed by atoms with E-state index in [9.17, 15) is 18.8 Å². The van der Waals surface area contributed by atoms with Crippen LogP contribution < -0.4 is 0 Å². The minimum Gasteiger partial charge on any atom is -0.478 e. The van der Waals surface area contributed by atoms with Crippen LogP contribution in [0.3, 0.4) is 0 Å². The summed E-state index contributed by atoms with van der Waals surface area (Å²) in [7, 11) is 0. The summed E-state index contributed by atoms with van der Waals surface area (Å²) in [6, 6.07) is 3.27. The van der Waals surface area contributed by atoms with Crippen molar-refractivity contribution in [2.45, 2.75) is 6.54 Å². The van der Waals surface area contributed by atoms with Crippen LogP contribution in [0, 0.1) is 5.82 Å². The molecule has 1 aromatic rings. The maximum absolute atomic E-state index is 13.5. The van der Waals surface area contributed by atoms with Crippen molar-refractivity contribution in [1.29, 1.82) is 0 Å². The summed E-state index contributed by atoms with van der Waals surface area (Å²) in [4.78, 5) is 34.4. The van der Waals surface area contributed by atoms with Gasteiger partial charge in [0.1, 0.15) is 5.82 Å². The van der Waals surface area contributed by atoms with Gasteiger partial charge >= 0.3 is 5.97 Å². The maximum atomic E-state index is 13.5. The number of benzene rings is 1. The van der Waals surface area contributed by atoms with Gasteiger partial charge in [-0.3, -0.25) is 14.5 Å². The lowest BCUT2D eigenvalue weighted by Gasteiger charge is -2.13. The molecule has 0 saturated carbocycles. The highest BCUT2D eigenvalue weighted by Gasteiger charge is 2.30. The Morgan fingerprint density at radius 2 is 2.17 bits per heavy atom. The number of imide groups is 1. The Bertz CT molecular complexity index is 530. The van der Waals surface area contributed by atoms with Gasteiger partial charge in [0, 0.05) is 5.56 Å². The van der Waals surface area contributed by atoms with Crippen molar-refractivity contribution in [2.75, 3.05) is 5.75 Å². The highest BCUT2D eigenvalue weighted by Crippen LogP contribution is 2.22. The van der Waals surface area contributed by atoms with Gasteiger partial charge in [0.05, 0.1) is 17.9 Å². The number of hydrogen-bond acceptors (Lipinski definition) is 4. The smallest absolute Gasteiger partial charge is 0.335 e. The van der Waals surface area contributed by atoms with E-state index in [2.05, 4.69) is 0 Å². The molecule has 7 heteroatoms. The largest absolute Gasteiger partial charge is 0.478 e. The zero-order valence-electron chi connectivity index (χ0n) is 9.05. The fraction of sp³-hybridized carbons (Fsp3) is 0.182. The van der Waals surface area contributed by atoms with Crippen molar-refractivity contribution in [3.63, 3.8) is 0 Å². The summed E-state index contributed by atoms with van der Waals surface area (Å²) >= 11 is 0.848. The molecule has 0 aliphatic carbocycles. The van der Waals surface area contributed by atoms with Gasteiger partial charge in [-0.1, -0.05) is 11.8 Å². The molecule has 0 bridgehead atoms. The first-order valence-corrected chi connectivity index (χ1v) is 5.96. The van der Waals surface area contributed by atoms with Gasteiger partial charge in [-0.15, -0.1) is 0 Å². The molecule has 0 atom stereocenters. The van der Waals surface area contributed by atoms with Gasteiger partial charge in [0.2, 0.25) is 5.91 Å². The van der Waals surface area contributed by atoms with Gasteiger partial charge < -0.3 is 5.11 Å². The minimum atomic E-state index is -1.19. The highest BCUT2D eigenvalue weighted by molar-refractivity contribution is 8.14. The van der Waals surface area contributed by atoms with Crippen LogP contribution in [0.15, 0.2) is 18.2 Å². The number of carboxylic acid groups (broad SMARTS) is 1. The number of nitrogens with zero attached hydrogens (tertiary/aromatic N) is 1. The number of aromatic carboxylic acids is 1. The molecule has 1 N–H and O–H groups in total. The molecule has 2 rings (SSSR count). The lowest BCUT2D eigenvalue weighted by atomic mass is 10.1. The second-order valence-corrected chi connectivity index (χ2v) is 4.57. The third-order valence-corrected chi connectivity index (χ3v) is 3.32. The molecule has 1 aliphatic heterocycles. The number of carbonyl (C=O) groups is 3. The van der Waals surface area contributed by atoms with Gasteiger partial charge in [-0.2, -0.15) is 0 Å². The lowest BCUT2D eigenvalue weighted by molar-refractivity contribution is -0.125. The Hall–Kier alpha value is -1.89. The number of thioether (sulfide) groups is 1. The Morgan fingerprint density at radius 3 is 2.72 bits per heavy atom. The van der Waals surface area contributed by atoms with E-state index >= 15 is 0 Å². The van der Waals surface area contributed by atoms with Crippen molar-refractivity contribution in [3.8, 4) is 0 Å². The van der Waals surface area contributed by atoms with E-state index in [-0.39, 0.29) is 23.4 Å². The van der Waals surface area contributed by atoms with Crippen LogP contribution in [-0.2, 0) is 11.3 Å². The highest BCUT2D eigenvalue weighted by atomic mass is 32.2. The molecule has 1 aromatic carbocycles. The van der Waals surface area contributed by atoms with Crippen LogP contribution in [0.2, 0.25) is 0 Å². The van der Waals surface area contributed by atoms with Crippen LogP contribution in [0.5, 0.6) is 0 Å². The molecule has 1 heterocycles. The Balaban J connectivity index is 2.28. The SMILES string of the molecule is O=C(O)c1ccc(F)c(CN2C(=O)CSC2=O)c1. The van der Waals surface area contributed by atoms with Crippen molar-refractivity contribution in [1.82, 2.24) is 4.90 Å². The Labute approximate surface area is 106 Å². The van der Waals surface area contributed by atoms with Crippen molar-refractivity contribution in [2.24, 2.45) is 0 Å². The van der Waals surface area contributed by atoms with E-state index in [1.54, 1.807) is 0 Å². The summed E-state index contributed by atoms with van der Waals surface area (Å²) in [5, 5.41) is 8.35. The van der Waals surface area contributed by atoms with Gasteiger partial charge in [0.25, 0.3) is 5.24 Å². The molecule has 18 heavy (non-hydrogen) atoms. The normalized spacial score (nSPS) is 15.3. The lowest BCUT2D eigenvalue weighted by Crippen LogP contribution is -2.28. The summed E-state index contributed by atoms with van der Waals surface area (Å²) in [5.41, 5.74) is -0.0720. The van der Waals surface area contributed by atoms with Gasteiger partial charge in [-0.05, 0) is 18.2 Å². The molecular weight excluding hydrogens is 261 g/mol. The fourth-order valence-corrected chi connectivity index (χ4v) is 2.26. The number of carboxylic acids is 1. The second kappa shape index (κ2) is 4.77. The number of hydrogen-bond donors (Lipinski definition) is 1. The molecule has 1 saturated heterocycles. The summed E-state index contributed by atoms with van der Waals surface area (Å²) in [5.74, 6) is -2.19. The Morgan fingerprint density at radius 1 is 1.44 bits per heavy atom. The first kappa shape index (κ1) is 12.6. The molecule has 0 spiro atoms. The van der Waals surface area contributed by atoms with Crippen LogP contribution in [-0.4, -0.2) is 32.9 Å². The monoisotopic (exact) mass is 269 g/mol. The summed E-state index contributed by atoms with van der Waals surface area (Å²) in [6.07, 6.45) is 0. The van der Waals surface area contributed by atoms with Crippen LogP contribution in [0.1, 0.15) is 15.9 Å². The molecule has 94 valence electrons. The van der Waals surface area contributed by atoms with E-state index < -0.39 is 22.9 Å². The number of rotatable bonds is 3. The van der Waals surface area contributed by atoms with Gasteiger partial charge in [0.15, 0.2) is 0 Å². The van der Waals surface area contributed by atoms with Crippen molar-refractivity contribution >= 4 is 28.9 Å². The average Bonchev–Trinajstić information content (AvgIpc) is 2.63. The second-order valence-electron chi connectivity index (χ2n) is 3.65. The van der Waals surface area contributed by atoms with Crippen LogP contribution >= 0.6 is 11.8 Å². The molecule has 0 aromatic heterocycles. The summed E-state index contributed by atoms with van der Waals surface area (Å²) in [6.45, 7) is -0.238. The zero-order chi connectivity index (χ0) is 13.3. The quantitative estimate of drug-likeness (QED) is 0.904. The Kier molecular flexibility index (Phi) is 3.33. The average molecular weight is 269 g/mol. The van der Waals surface area contributed by atoms with Crippen molar-refractivity contribution < 1.29 is 23.9 Å². The van der Waals surface area contributed by atoms with E-state index in [1.165, 1.54) is 0 Å². The fourth-order valence-electron chi connectivity index (χ4n) is 1.53. The number of halogens is 1. The predicted molar refractivity (Wildman–Crippen MR) is 61.8 cm³/mol. The van der Waals surface area contributed by atoms with Crippen LogP contribution in [0.25, 0.3) is 0 Å². The molecule has 1 fully saturated rings. The number of amides is 2. The van der Waals surface area contributed by atoms with Crippen molar-refractivity contribution in [3.05, 3.63) is 35.1 Å². The van der Waals surface area contributed by atoms with E-state index in [0.29, 0.717) is 0 Å². The van der Waals surface area contributed by atoms with Crippen LogP contribution in [0.4, 0.5) is 9.18 Å². The molecular formula is C11H8FNO4S. The summed E-state index contributed by atoms with van der Waals surface area (Å²) < 4.78 is 13.5. The molecule has 2 amide bonds. The molecule has 0 radical (unpaired) electrons. The third kappa shape index (κ3) is 2.35. The number of carbonyl (C=O) groups excluding carboxylic acids is 2. The third-order valence-electron chi connectivity index (χ3n) is 2.46. The molecule has 5 nitrogen and oxygen atoms in total. The topological polar surface area (TPSA) is 74.7 Å². The molecule has 0 unspecified atom stereocenters. The molecule has 1 aliphatic rings. The predicted octanol–water partition coefficient (Wildman–Crippen LogP) is 1.72. The first-order valence-electron chi connectivity index (χ1n) is 4.98. The van der Waals surface area contributed by atoms with Gasteiger partial charge in [-0.25, -0.2) is 9.18 Å². The van der Waals surface area contributed by atoms with E-state index in [1.807, 2.05) is 0 Å². The maximum Gasteiger partial charge on any atom is 0.335 e.